The molecule has 230 valence electrons. The molecule has 2 heterocycles. The van der Waals surface area contributed by atoms with E-state index in [1.54, 1.807) is 4.90 Å². The van der Waals surface area contributed by atoms with Gasteiger partial charge in [-0.15, -0.1) is 0 Å². The molecule has 0 aromatic heterocycles. The van der Waals surface area contributed by atoms with E-state index in [0.29, 0.717) is 58.3 Å². The highest BCUT2D eigenvalue weighted by atomic mass is 16.5. The van der Waals surface area contributed by atoms with Gasteiger partial charge in [0.2, 0.25) is 17.7 Å². The van der Waals surface area contributed by atoms with Crippen molar-refractivity contribution in [1.29, 1.82) is 0 Å². The van der Waals surface area contributed by atoms with Crippen molar-refractivity contribution in [3.8, 4) is 0 Å². The summed E-state index contributed by atoms with van der Waals surface area (Å²) < 4.78 is 5.24. The highest BCUT2D eigenvalue weighted by Crippen LogP contribution is 2.42. The number of piperidine rings is 1. The third kappa shape index (κ3) is 6.98. The Morgan fingerprint density at radius 3 is 2.45 bits per heavy atom. The van der Waals surface area contributed by atoms with Crippen molar-refractivity contribution in [2.24, 2.45) is 5.41 Å². The molecular weight excluding hydrogens is 532 g/mol. The van der Waals surface area contributed by atoms with Gasteiger partial charge in [-0.3, -0.25) is 14.4 Å². The van der Waals surface area contributed by atoms with Gasteiger partial charge in [0, 0.05) is 31.8 Å². The van der Waals surface area contributed by atoms with Gasteiger partial charge in [-0.25, -0.2) is 4.79 Å². The summed E-state index contributed by atoms with van der Waals surface area (Å²) in [5, 5.41) is 5.78. The number of hydrogen-bond acceptors (Lipinski definition) is 5. The number of piperazine rings is 1. The molecule has 0 unspecified atom stereocenters. The number of carbonyl (C=O) groups is 4. The SMILES string of the molecule is CCCN1C(=O)[C@H](CCCCNC(=O)OCc2ccccc2)NC(=O)C12CCN(C(=O)C1=C(C)CCCC1(C)C)CC2. The summed E-state index contributed by atoms with van der Waals surface area (Å²) in [5.41, 5.74) is 1.98. The van der Waals surface area contributed by atoms with Gasteiger partial charge in [-0.2, -0.15) is 0 Å². The summed E-state index contributed by atoms with van der Waals surface area (Å²) in [7, 11) is 0. The Labute approximate surface area is 250 Å². The number of likely N-dealkylation sites (tertiary alicyclic amines) is 1. The number of ether oxygens (including phenoxy) is 1. The number of benzene rings is 1. The largest absolute Gasteiger partial charge is 0.445 e. The zero-order valence-corrected chi connectivity index (χ0v) is 25.8. The van der Waals surface area contributed by atoms with E-state index in [0.717, 1.165) is 36.8 Å². The first kappa shape index (κ1) is 31.6. The van der Waals surface area contributed by atoms with Crippen LogP contribution in [0, 0.1) is 5.41 Å². The number of unbranched alkanes of at least 4 members (excludes halogenated alkanes) is 1. The normalized spacial score (nSPS) is 21.8. The van der Waals surface area contributed by atoms with Crippen molar-refractivity contribution in [2.75, 3.05) is 26.2 Å². The number of alkyl carbamates (subject to hydrolysis) is 1. The monoisotopic (exact) mass is 580 g/mol. The van der Waals surface area contributed by atoms with Crippen LogP contribution in [0.2, 0.25) is 0 Å². The predicted octanol–water partition coefficient (Wildman–Crippen LogP) is 4.71. The fourth-order valence-corrected chi connectivity index (χ4v) is 6.89. The fraction of sp³-hybridized carbons (Fsp3) is 0.636. The summed E-state index contributed by atoms with van der Waals surface area (Å²) in [4.78, 5) is 56.6. The van der Waals surface area contributed by atoms with Crippen molar-refractivity contribution in [1.82, 2.24) is 20.4 Å². The smallest absolute Gasteiger partial charge is 0.407 e. The standard InChI is InChI=1S/C33H48N4O5/c1-5-20-37-28(38)26(15-9-10-19-34-31(41)42-23-25-13-7-6-8-14-25)35-30(40)33(37)17-21-36(22-18-33)29(39)27-24(2)12-11-16-32(27,3)4/h6-8,13-14,26H,5,9-12,15-23H2,1-4H3,(H,34,41)(H,35,40)/t26-/m0/s1. The molecule has 1 atom stereocenters. The second-order valence-electron chi connectivity index (χ2n) is 12.7. The number of nitrogens with zero attached hydrogens (tertiary/aromatic N) is 2. The Balaban J connectivity index is 1.28. The minimum atomic E-state index is -0.907. The molecule has 1 aromatic rings. The van der Waals surface area contributed by atoms with E-state index in [9.17, 15) is 19.2 Å². The molecule has 9 nitrogen and oxygen atoms in total. The topological polar surface area (TPSA) is 108 Å². The molecule has 2 fully saturated rings. The molecule has 9 heteroatoms. The number of nitrogens with one attached hydrogen (secondary N) is 2. The second-order valence-corrected chi connectivity index (χ2v) is 12.7. The lowest BCUT2D eigenvalue weighted by Crippen LogP contribution is -2.73. The Bertz CT molecular complexity index is 1170. The summed E-state index contributed by atoms with van der Waals surface area (Å²) in [6, 6.07) is 8.92. The molecular formula is C33H48N4O5. The van der Waals surface area contributed by atoms with Crippen molar-refractivity contribution < 1.29 is 23.9 Å². The fourth-order valence-electron chi connectivity index (χ4n) is 6.89. The van der Waals surface area contributed by atoms with Crippen LogP contribution in [0.1, 0.15) is 91.0 Å². The molecule has 4 amide bonds. The number of hydrogen-bond donors (Lipinski definition) is 2. The van der Waals surface area contributed by atoms with Crippen LogP contribution in [0.5, 0.6) is 0 Å². The zero-order valence-electron chi connectivity index (χ0n) is 25.8. The maximum absolute atomic E-state index is 13.7. The Morgan fingerprint density at radius 1 is 1.07 bits per heavy atom. The highest BCUT2D eigenvalue weighted by molar-refractivity contribution is 6.00. The molecule has 2 N–H and O–H groups in total. The minimum Gasteiger partial charge on any atom is -0.445 e. The van der Waals surface area contributed by atoms with E-state index in [2.05, 4.69) is 31.4 Å². The second kappa shape index (κ2) is 13.7. The van der Waals surface area contributed by atoms with E-state index in [4.69, 9.17) is 4.74 Å². The Hall–Kier alpha value is -3.36. The van der Waals surface area contributed by atoms with Crippen LogP contribution in [0.4, 0.5) is 4.79 Å². The Morgan fingerprint density at radius 2 is 1.79 bits per heavy atom. The predicted molar refractivity (Wildman–Crippen MR) is 161 cm³/mol. The molecule has 1 aliphatic carbocycles. The van der Waals surface area contributed by atoms with E-state index < -0.39 is 17.7 Å². The van der Waals surface area contributed by atoms with Crippen LogP contribution < -0.4 is 10.6 Å². The Kier molecular flexibility index (Phi) is 10.3. The first-order chi connectivity index (χ1) is 20.1. The third-order valence-electron chi connectivity index (χ3n) is 9.21. The maximum atomic E-state index is 13.7. The van der Waals surface area contributed by atoms with Crippen molar-refractivity contribution >= 4 is 23.8 Å². The van der Waals surface area contributed by atoms with Crippen LogP contribution in [-0.4, -0.2) is 71.4 Å². The molecule has 3 aliphatic rings. The molecule has 1 aromatic carbocycles. The number of allylic oxidation sites excluding steroid dienone is 1. The van der Waals surface area contributed by atoms with Gasteiger partial charge in [-0.1, -0.05) is 56.7 Å². The first-order valence-corrected chi connectivity index (χ1v) is 15.7. The molecule has 4 rings (SSSR count). The molecule has 2 aliphatic heterocycles. The van der Waals surface area contributed by atoms with Crippen LogP contribution in [0.15, 0.2) is 41.5 Å². The lowest BCUT2D eigenvalue weighted by Gasteiger charge is -2.52. The number of amides is 4. The lowest BCUT2D eigenvalue weighted by molar-refractivity contribution is -0.162. The average molecular weight is 581 g/mol. The average Bonchev–Trinajstić information content (AvgIpc) is 2.97. The van der Waals surface area contributed by atoms with Crippen LogP contribution in [0.3, 0.4) is 0 Å². The van der Waals surface area contributed by atoms with Gasteiger partial charge in [0.1, 0.15) is 18.2 Å². The summed E-state index contributed by atoms with van der Waals surface area (Å²) in [6.45, 7) is 10.5. The van der Waals surface area contributed by atoms with E-state index in [1.165, 1.54) is 5.57 Å². The summed E-state index contributed by atoms with van der Waals surface area (Å²) in [6.07, 6.45) is 6.10. The maximum Gasteiger partial charge on any atom is 0.407 e. The van der Waals surface area contributed by atoms with Crippen molar-refractivity contribution in [2.45, 2.75) is 104 Å². The van der Waals surface area contributed by atoms with Crippen molar-refractivity contribution in [3.05, 3.63) is 47.0 Å². The van der Waals surface area contributed by atoms with Gasteiger partial charge in [0.25, 0.3) is 0 Å². The number of rotatable bonds is 10. The van der Waals surface area contributed by atoms with Crippen molar-refractivity contribution in [3.63, 3.8) is 0 Å². The molecule has 0 saturated carbocycles. The quantitative estimate of drug-likeness (QED) is 0.390. The first-order valence-electron chi connectivity index (χ1n) is 15.7. The van der Waals surface area contributed by atoms with E-state index in [-0.39, 0.29) is 29.7 Å². The third-order valence-corrected chi connectivity index (χ3v) is 9.21. The van der Waals surface area contributed by atoms with Crippen LogP contribution >= 0.6 is 0 Å². The van der Waals surface area contributed by atoms with Gasteiger partial charge in [0.15, 0.2) is 0 Å². The van der Waals surface area contributed by atoms with E-state index >= 15 is 0 Å². The summed E-state index contributed by atoms with van der Waals surface area (Å²) >= 11 is 0. The summed E-state index contributed by atoms with van der Waals surface area (Å²) in [5.74, 6) is -0.0610. The molecule has 0 radical (unpaired) electrons. The van der Waals surface area contributed by atoms with Gasteiger partial charge in [-0.05, 0) is 75.7 Å². The van der Waals surface area contributed by atoms with E-state index in [1.807, 2.05) is 42.2 Å². The highest BCUT2D eigenvalue weighted by Gasteiger charge is 2.53. The van der Waals surface area contributed by atoms with Gasteiger partial charge >= 0.3 is 6.09 Å². The minimum absolute atomic E-state index is 0.0431. The van der Waals surface area contributed by atoms with Crippen LogP contribution in [0.25, 0.3) is 0 Å². The lowest BCUT2D eigenvalue weighted by atomic mass is 9.72. The van der Waals surface area contributed by atoms with Gasteiger partial charge < -0.3 is 25.2 Å². The van der Waals surface area contributed by atoms with Crippen LogP contribution in [-0.2, 0) is 25.7 Å². The molecule has 2 saturated heterocycles. The number of carbonyl (C=O) groups excluding carboxylic acids is 4. The molecule has 42 heavy (non-hydrogen) atoms. The zero-order chi connectivity index (χ0) is 30.3. The molecule has 0 bridgehead atoms. The molecule has 1 spiro atoms. The van der Waals surface area contributed by atoms with Gasteiger partial charge in [0.05, 0.1) is 0 Å².